The molecule has 0 radical (unpaired) electrons. The molecular formula is C23H16ClNO. The number of halogens is 1. The Labute approximate surface area is 157 Å². The minimum absolute atomic E-state index is 0.657. The first kappa shape index (κ1) is 16.4. The Hall–Kier alpha value is -3.10. The van der Waals surface area contributed by atoms with E-state index in [1.165, 1.54) is 0 Å². The number of rotatable bonds is 4. The molecule has 0 unspecified atom stereocenters. The minimum atomic E-state index is 0.657. The molecular weight excluding hydrogens is 342 g/mol. The summed E-state index contributed by atoms with van der Waals surface area (Å²) in [6.45, 7) is 0. The van der Waals surface area contributed by atoms with Crippen LogP contribution in [0.3, 0.4) is 0 Å². The smallest absolute Gasteiger partial charge is 0.152 e. The van der Waals surface area contributed by atoms with Gasteiger partial charge in [-0.1, -0.05) is 72.3 Å². The van der Waals surface area contributed by atoms with Crippen LogP contribution in [0.5, 0.6) is 0 Å². The highest BCUT2D eigenvalue weighted by Crippen LogP contribution is 2.35. The van der Waals surface area contributed by atoms with Crippen molar-refractivity contribution < 1.29 is 4.79 Å². The van der Waals surface area contributed by atoms with Gasteiger partial charge in [0, 0.05) is 16.3 Å². The van der Waals surface area contributed by atoms with Gasteiger partial charge in [0.2, 0.25) is 0 Å². The van der Waals surface area contributed by atoms with E-state index in [0.29, 0.717) is 10.6 Å². The molecule has 26 heavy (non-hydrogen) atoms. The second-order valence-corrected chi connectivity index (χ2v) is 6.43. The van der Waals surface area contributed by atoms with Gasteiger partial charge in [0.05, 0.1) is 11.4 Å². The normalized spacial score (nSPS) is 10.7. The third kappa shape index (κ3) is 2.96. The second-order valence-electron chi connectivity index (χ2n) is 6.00. The minimum Gasteiger partial charge on any atom is -0.309 e. The summed E-state index contributed by atoms with van der Waals surface area (Å²) in [7, 11) is 0. The van der Waals surface area contributed by atoms with E-state index < -0.39 is 0 Å². The van der Waals surface area contributed by atoms with Gasteiger partial charge >= 0.3 is 0 Å². The van der Waals surface area contributed by atoms with E-state index in [1.54, 1.807) is 0 Å². The van der Waals surface area contributed by atoms with E-state index in [4.69, 9.17) is 11.6 Å². The molecule has 0 N–H and O–H groups in total. The molecule has 0 aliphatic heterocycles. The molecule has 0 saturated heterocycles. The molecule has 2 nitrogen and oxygen atoms in total. The van der Waals surface area contributed by atoms with Crippen molar-refractivity contribution in [1.82, 2.24) is 4.57 Å². The highest BCUT2D eigenvalue weighted by molar-refractivity contribution is 6.30. The maximum absolute atomic E-state index is 11.8. The number of nitrogens with zero attached hydrogens (tertiary/aromatic N) is 1. The molecule has 1 heterocycles. The fraction of sp³-hybridized carbons (Fsp3) is 0. The van der Waals surface area contributed by atoms with Crippen molar-refractivity contribution in [2.24, 2.45) is 0 Å². The molecule has 0 saturated carbocycles. The maximum atomic E-state index is 11.8. The highest BCUT2D eigenvalue weighted by Gasteiger charge is 2.18. The number of hydrogen-bond donors (Lipinski definition) is 0. The predicted molar refractivity (Wildman–Crippen MR) is 107 cm³/mol. The molecule has 4 aromatic rings. The zero-order valence-corrected chi connectivity index (χ0v) is 14.7. The van der Waals surface area contributed by atoms with Crippen molar-refractivity contribution in [3.8, 4) is 28.2 Å². The highest BCUT2D eigenvalue weighted by atomic mass is 35.5. The number of hydrogen-bond acceptors (Lipinski definition) is 1. The Morgan fingerprint density at radius 3 is 1.88 bits per heavy atom. The van der Waals surface area contributed by atoms with Crippen LogP contribution in [0.2, 0.25) is 5.02 Å². The largest absolute Gasteiger partial charge is 0.309 e. The SMILES string of the molecule is O=Cc1cc(-c2ccccc2)n(-c2ccc(Cl)cc2)c1-c1ccccc1. The van der Waals surface area contributed by atoms with Gasteiger partial charge in [0.15, 0.2) is 6.29 Å². The van der Waals surface area contributed by atoms with Crippen molar-refractivity contribution in [3.05, 3.63) is 102 Å². The predicted octanol–water partition coefficient (Wildman–Crippen LogP) is 6.28. The molecule has 0 aliphatic carbocycles. The van der Waals surface area contributed by atoms with E-state index in [9.17, 15) is 4.79 Å². The standard InChI is InChI=1S/C23H16ClNO/c24-20-11-13-21(14-12-20)25-22(17-7-3-1-4-8-17)15-19(16-26)23(25)18-9-5-2-6-10-18/h1-16H. The number of carbonyl (C=O) groups is 1. The fourth-order valence-electron chi connectivity index (χ4n) is 3.19. The Kier molecular flexibility index (Phi) is 4.42. The Bertz CT molecular complexity index is 1040. The number of carbonyl (C=O) groups excluding carboxylic acids is 1. The average Bonchev–Trinajstić information content (AvgIpc) is 3.09. The van der Waals surface area contributed by atoms with Crippen molar-refractivity contribution in [3.63, 3.8) is 0 Å². The molecule has 126 valence electrons. The van der Waals surface area contributed by atoms with Crippen LogP contribution >= 0.6 is 11.6 Å². The fourth-order valence-corrected chi connectivity index (χ4v) is 3.32. The first-order valence-corrected chi connectivity index (χ1v) is 8.73. The van der Waals surface area contributed by atoms with Crippen LogP contribution in [0.4, 0.5) is 0 Å². The first-order valence-electron chi connectivity index (χ1n) is 8.35. The van der Waals surface area contributed by atoms with E-state index in [0.717, 1.165) is 34.5 Å². The molecule has 3 aromatic carbocycles. The second kappa shape index (κ2) is 7.03. The Balaban J connectivity index is 2.06. The topological polar surface area (TPSA) is 22.0 Å². The number of benzene rings is 3. The van der Waals surface area contributed by atoms with Crippen molar-refractivity contribution in [1.29, 1.82) is 0 Å². The monoisotopic (exact) mass is 357 g/mol. The van der Waals surface area contributed by atoms with Gasteiger partial charge in [-0.25, -0.2) is 0 Å². The van der Waals surface area contributed by atoms with Gasteiger partial charge < -0.3 is 4.57 Å². The lowest BCUT2D eigenvalue weighted by Gasteiger charge is -2.15. The molecule has 0 spiro atoms. The zero-order valence-electron chi connectivity index (χ0n) is 14.0. The molecule has 0 fully saturated rings. The summed E-state index contributed by atoms with van der Waals surface area (Å²) in [6, 6.07) is 29.6. The summed E-state index contributed by atoms with van der Waals surface area (Å²) in [5.41, 5.74) is 5.50. The molecule has 0 amide bonds. The summed E-state index contributed by atoms with van der Waals surface area (Å²) >= 11 is 6.08. The Morgan fingerprint density at radius 2 is 1.31 bits per heavy atom. The molecule has 0 bridgehead atoms. The Morgan fingerprint density at radius 1 is 0.731 bits per heavy atom. The van der Waals surface area contributed by atoms with Gasteiger partial charge in [0.25, 0.3) is 0 Å². The summed E-state index contributed by atoms with van der Waals surface area (Å²) < 4.78 is 2.12. The van der Waals surface area contributed by atoms with Gasteiger partial charge in [-0.05, 0) is 41.5 Å². The molecule has 1 aromatic heterocycles. The first-order chi connectivity index (χ1) is 12.8. The molecule has 4 rings (SSSR count). The van der Waals surface area contributed by atoms with Gasteiger partial charge in [-0.2, -0.15) is 0 Å². The third-order valence-electron chi connectivity index (χ3n) is 4.36. The summed E-state index contributed by atoms with van der Waals surface area (Å²) in [5, 5.41) is 0.680. The van der Waals surface area contributed by atoms with Crippen molar-refractivity contribution >= 4 is 17.9 Å². The van der Waals surface area contributed by atoms with Crippen LogP contribution in [0, 0.1) is 0 Å². The lowest BCUT2D eigenvalue weighted by Crippen LogP contribution is -2.00. The number of aldehydes is 1. The molecule has 0 aliphatic rings. The van der Waals surface area contributed by atoms with Crippen molar-refractivity contribution in [2.75, 3.05) is 0 Å². The van der Waals surface area contributed by atoms with Gasteiger partial charge in [0.1, 0.15) is 0 Å². The van der Waals surface area contributed by atoms with Crippen LogP contribution < -0.4 is 0 Å². The quantitative estimate of drug-likeness (QED) is 0.394. The molecule has 3 heteroatoms. The lowest BCUT2D eigenvalue weighted by molar-refractivity contribution is 0.112. The average molecular weight is 358 g/mol. The van der Waals surface area contributed by atoms with Crippen LogP contribution in [-0.2, 0) is 0 Å². The van der Waals surface area contributed by atoms with Crippen LogP contribution in [0.15, 0.2) is 91.0 Å². The zero-order chi connectivity index (χ0) is 17.9. The molecule has 0 atom stereocenters. The van der Waals surface area contributed by atoms with E-state index in [1.807, 2.05) is 91.0 Å². The van der Waals surface area contributed by atoms with Crippen LogP contribution in [0.25, 0.3) is 28.2 Å². The third-order valence-corrected chi connectivity index (χ3v) is 4.61. The summed E-state index contributed by atoms with van der Waals surface area (Å²) in [6.07, 6.45) is 0.918. The van der Waals surface area contributed by atoms with Gasteiger partial charge in [-0.3, -0.25) is 4.79 Å². The van der Waals surface area contributed by atoms with Gasteiger partial charge in [-0.15, -0.1) is 0 Å². The van der Waals surface area contributed by atoms with E-state index in [2.05, 4.69) is 4.57 Å². The maximum Gasteiger partial charge on any atom is 0.152 e. The van der Waals surface area contributed by atoms with Crippen molar-refractivity contribution in [2.45, 2.75) is 0 Å². The van der Waals surface area contributed by atoms with E-state index in [-0.39, 0.29) is 0 Å². The van der Waals surface area contributed by atoms with Crippen LogP contribution in [-0.4, -0.2) is 10.9 Å². The summed E-state index contributed by atoms with van der Waals surface area (Å²) in [5.74, 6) is 0. The van der Waals surface area contributed by atoms with E-state index >= 15 is 0 Å². The lowest BCUT2D eigenvalue weighted by atomic mass is 10.1. The summed E-state index contributed by atoms with van der Waals surface area (Å²) in [4.78, 5) is 11.8. The van der Waals surface area contributed by atoms with Crippen LogP contribution in [0.1, 0.15) is 10.4 Å². The number of aromatic nitrogens is 1.